The zero-order valence-electron chi connectivity index (χ0n) is 21.6. The number of rotatable bonds is 9. The van der Waals surface area contributed by atoms with Crippen molar-refractivity contribution in [2.75, 3.05) is 32.9 Å². The van der Waals surface area contributed by atoms with E-state index >= 15 is 0 Å². The minimum absolute atomic E-state index is 0.0615. The fourth-order valence-corrected chi connectivity index (χ4v) is 5.09. The number of ether oxygens (including phenoxy) is 1. The molecule has 1 aliphatic heterocycles. The van der Waals surface area contributed by atoms with Gasteiger partial charge in [0.15, 0.2) is 0 Å². The van der Waals surface area contributed by atoms with E-state index in [0.717, 1.165) is 16.5 Å². The van der Waals surface area contributed by atoms with E-state index in [1.165, 1.54) is 18.2 Å². The first-order valence-electron chi connectivity index (χ1n) is 12.8. The number of carbonyl (C=O) groups excluding carboxylic acids is 2. The molecule has 0 aliphatic carbocycles. The summed E-state index contributed by atoms with van der Waals surface area (Å²) in [6.07, 6.45) is -2.17. The molecule has 0 unspecified atom stereocenters. The summed E-state index contributed by atoms with van der Waals surface area (Å²) in [6, 6.07) is 9.82. The largest absolute Gasteiger partial charge is 0.471 e. The number of alkyl halides is 3. The lowest BCUT2D eigenvalue weighted by Crippen LogP contribution is -2.38. The third-order valence-electron chi connectivity index (χ3n) is 7.04. The summed E-state index contributed by atoms with van der Waals surface area (Å²) in [6.45, 7) is 3.50. The topological polar surface area (TPSA) is 83.8 Å². The highest BCUT2D eigenvalue weighted by Gasteiger charge is 2.38. The molecule has 2 aromatic carbocycles. The van der Waals surface area contributed by atoms with Crippen LogP contribution in [-0.2, 0) is 22.6 Å². The van der Waals surface area contributed by atoms with Crippen LogP contribution >= 0.6 is 0 Å². The lowest BCUT2D eigenvalue weighted by molar-refractivity contribution is -0.173. The molecule has 0 spiro atoms. The van der Waals surface area contributed by atoms with Crippen molar-refractivity contribution in [3.8, 4) is 0 Å². The molecule has 1 aliphatic rings. The number of amides is 2. The molecule has 2 amide bonds. The maximum absolute atomic E-state index is 14.7. The maximum Gasteiger partial charge on any atom is 0.471 e. The van der Waals surface area contributed by atoms with Gasteiger partial charge in [0.1, 0.15) is 5.82 Å². The monoisotopic (exact) mass is 549 g/mol. The number of aliphatic hydroxyl groups excluding tert-OH is 1. The number of carbonyl (C=O) groups is 2. The number of halogens is 4. The number of aryl methyl sites for hydroxylation is 1. The van der Waals surface area contributed by atoms with Crippen LogP contribution in [0.5, 0.6) is 0 Å². The number of nitrogens with zero attached hydrogens (tertiary/aromatic N) is 2. The molecular weight excluding hydrogens is 518 g/mol. The van der Waals surface area contributed by atoms with Crippen molar-refractivity contribution < 1.29 is 37.0 Å². The fourth-order valence-electron chi connectivity index (χ4n) is 5.09. The van der Waals surface area contributed by atoms with Gasteiger partial charge in [-0.25, -0.2) is 4.39 Å². The van der Waals surface area contributed by atoms with Crippen molar-refractivity contribution in [2.45, 2.75) is 44.9 Å². The third kappa shape index (κ3) is 6.59. The van der Waals surface area contributed by atoms with Gasteiger partial charge in [-0.1, -0.05) is 30.3 Å². The van der Waals surface area contributed by atoms with Crippen LogP contribution in [0, 0.1) is 12.7 Å². The molecule has 1 aromatic heterocycles. The first-order chi connectivity index (χ1) is 18.6. The van der Waals surface area contributed by atoms with Crippen molar-refractivity contribution in [3.63, 3.8) is 0 Å². The van der Waals surface area contributed by atoms with Gasteiger partial charge in [0, 0.05) is 37.8 Å². The zero-order chi connectivity index (χ0) is 28.2. The predicted octanol–water partition coefficient (Wildman–Crippen LogP) is 4.30. The summed E-state index contributed by atoms with van der Waals surface area (Å²) < 4.78 is 59.5. The second-order valence-electron chi connectivity index (χ2n) is 9.65. The van der Waals surface area contributed by atoms with Crippen LogP contribution < -0.4 is 5.32 Å². The third-order valence-corrected chi connectivity index (χ3v) is 7.04. The summed E-state index contributed by atoms with van der Waals surface area (Å²) >= 11 is 0. The predicted molar refractivity (Wildman–Crippen MR) is 137 cm³/mol. The molecule has 3 aromatic rings. The van der Waals surface area contributed by atoms with Crippen LogP contribution in [0.2, 0.25) is 0 Å². The second kappa shape index (κ2) is 12.2. The molecule has 4 rings (SSSR count). The Kier molecular flexibility index (Phi) is 8.91. The summed E-state index contributed by atoms with van der Waals surface area (Å²) in [5.74, 6) is -2.84. The molecule has 210 valence electrons. The van der Waals surface area contributed by atoms with Crippen LogP contribution in [0.1, 0.15) is 45.8 Å². The average molecular weight is 550 g/mol. The molecule has 2 heterocycles. The van der Waals surface area contributed by atoms with Gasteiger partial charge in [-0.2, -0.15) is 13.2 Å². The van der Waals surface area contributed by atoms with Gasteiger partial charge < -0.3 is 24.6 Å². The Balaban J connectivity index is 1.44. The summed E-state index contributed by atoms with van der Waals surface area (Å²) in [7, 11) is 0. The van der Waals surface area contributed by atoms with E-state index in [1.54, 1.807) is 4.90 Å². The number of hydrogen-bond acceptors (Lipinski definition) is 4. The van der Waals surface area contributed by atoms with Gasteiger partial charge in [-0.15, -0.1) is 0 Å². The SMILES string of the molecule is Cc1cccc2c(C(=O)N3CCC(c4cc(CNC(=O)C(F)(F)F)ccc4F)CC3)cn(CCOCCO)c12. The molecule has 2 N–H and O–H groups in total. The van der Waals surface area contributed by atoms with Gasteiger partial charge >= 0.3 is 12.1 Å². The van der Waals surface area contributed by atoms with E-state index in [2.05, 4.69) is 0 Å². The molecule has 11 heteroatoms. The van der Waals surface area contributed by atoms with Gasteiger partial charge in [0.05, 0.1) is 30.9 Å². The minimum Gasteiger partial charge on any atom is -0.394 e. The number of aromatic nitrogens is 1. The van der Waals surface area contributed by atoms with Crippen molar-refractivity contribution in [2.24, 2.45) is 0 Å². The van der Waals surface area contributed by atoms with E-state index in [4.69, 9.17) is 9.84 Å². The molecule has 39 heavy (non-hydrogen) atoms. The van der Waals surface area contributed by atoms with E-state index < -0.39 is 17.9 Å². The number of fused-ring (bicyclic) bond motifs is 1. The Morgan fingerprint density at radius 2 is 1.87 bits per heavy atom. The van der Waals surface area contributed by atoms with E-state index in [-0.39, 0.29) is 31.6 Å². The number of likely N-dealkylation sites (tertiary alicyclic amines) is 1. The van der Waals surface area contributed by atoms with Crippen molar-refractivity contribution in [1.82, 2.24) is 14.8 Å². The Morgan fingerprint density at radius 3 is 2.56 bits per heavy atom. The van der Waals surface area contributed by atoms with Crippen molar-refractivity contribution in [3.05, 3.63) is 70.7 Å². The second-order valence-corrected chi connectivity index (χ2v) is 9.65. The summed E-state index contributed by atoms with van der Waals surface area (Å²) in [5, 5.41) is 11.6. The lowest BCUT2D eigenvalue weighted by Gasteiger charge is -2.32. The molecule has 0 saturated carbocycles. The van der Waals surface area contributed by atoms with E-state index in [9.17, 15) is 27.2 Å². The highest BCUT2D eigenvalue weighted by atomic mass is 19.4. The molecule has 1 fully saturated rings. The van der Waals surface area contributed by atoms with Crippen LogP contribution in [0.4, 0.5) is 17.6 Å². The fraction of sp³-hybridized carbons (Fsp3) is 0.429. The number of hydrogen-bond donors (Lipinski definition) is 2. The smallest absolute Gasteiger partial charge is 0.394 e. The van der Waals surface area contributed by atoms with E-state index in [0.29, 0.717) is 55.8 Å². The van der Waals surface area contributed by atoms with Crippen LogP contribution in [0.25, 0.3) is 10.9 Å². The van der Waals surface area contributed by atoms with Gasteiger partial charge in [0.2, 0.25) is 0 Å². The Morgan fingerprint density at radius 1 is 1.13 bits per heavy atom. The molecule has 7 nitrogen and oxygen atoms in total. The molecule has 0 atom stereocenters. The first kappa shape index (κ1) is 28.6. The van der Waals surface area contributed by atoms with Crippen LogP contribution in [-0.4, -0.2) is 65.5 Å². The number of piperidine rings is 1. The minimum atomic E-state index is -4.99. The highest BCUT2D eigenvalue weighted by molar-refractivity contribution is 6.07. The van der Waals surface area contributed by atoms with Gasteiger partial charge in [-0.05, 0) is 48.4 Å². The number of para-hydroxylation sites is 1. The Hall–Kier alpha value is -3.44. The van der Waals surface area contributed by atoms with Gasteiger partial charge in [-0.3, -0.25) is 9.59 Å². The molecule has 0 radical (unpaired) electrons. The number of benzene rings is 2. The van der Waals surface area contributed by atoms with Crippen LogP contribution in [0.15, 0.2) is 42.6 Å². The average Bonchev–Trinajstić information content (AvgIpc) is 3.29. The number of nitrogens with one attached hydrogen (secondary N) is 1. The lowest BCUT2D eigenvalue weighted by atomic mass is 9.88. The summed E-state index contributed by atoms with van der Waals surface area (Å²) in [5.41, 5.74) is 3.28. The highest BCUT2D eigenvalue weighted by Crippen LogP contribution is 2.33. The van der Waals surface area contributed by atoms with Gasteiger partial charge in [0.25, 0.3) is 5.91 Å². The normalized spacial score (nSPS) is 14.7. The Labute approximate surface area is 223 Å². The standard InChI is InChI=1S/C28H31F4N3O4/c1-18-3-2-4-21-23(17-35(25(18)21)11-13-39-14-12-36)26(37)34-9-7-20(8-10-34)22-15-19(5-6-24(22)29)16-33-27(38)28(30,31)32/h2-6,15,17,20,36H,7-14,16H2,1H3,(H,33,38). The molecule has 0 bridgehead atoms. The zero-order valence-corrected chi connectivity index (χ0v) is 21.6. The van der Waals surface area contributed by atoms with E-state index in [1.807, 2.05) is 41.2 Å². The first-order valence-corrected chi connectivity index (χ1v) is 12.8. The van der Waals surface area contributed by atoms with Crippen molar-refractivity contribution >= 4 is 22.7 Å². The van der Waals surface area contributed by atoms with Crippen molar-refractivity contribution in [1.29, 1.82) is 0 Å². The molecular formula is C28H31F4N3O4. The number of aliphatic hydroxyl groups is 1. The molecule has 1 saturated heterocycles. The maximum atomic E-state index is 14.7. The van der Waals surface area contributed by atoms with Crippen LogP contribution in [0.3, 0.4) is 0 Å². The quantitative estimate of drug-likeness (QED) is 0.308. The summed E-state index contributed by atoms with van der Waals surface area (Å²) in [4.78, 5) is 26.4. The Bertz CT molecular complexity index is 1330.